The molecular weight excluding hydrogens is 228 g/mol. The zero-order valence-electron chi connectivity index (χ0n) is 9.68. The van der Waals surface area contributed by atoms with Crippen LogP contribution in [0.1, 0.15) is 13.3 Å². The van der Waals surface area contributed by atoms with E-state index in [1.807, 2.05) is 11.8 Å². The van der Waals surface area contributed by atoms with E-state index in [2.05, 4.69) is 10.8 Å². The Hall–Kier alpha value is -0.680. The van der Waals surface area contributed by atoms with Crippen LogP contribution >= 0.6 is 0 Å². The van der Waals surface area contributed by atoms with Crippen LogP contribution in [0.5, 0.6) is 0 Å². The van der Waals surface area contributed by atoms with Gasteiger partial charge in [0.05, 0.1) is 12.1 Å². The van der Waals surface area contributed by atoms with Crippen LogP contribution in [-0.4, -0.2) is 56.9 Å². The Kier molecular flexibility index (Phi) is 4.68. The first-order valence-corrected chi connectivity index (χ1v) is 6.81. The lowest BCUT2D eigenvalue weighted by Crippen LogP contribution is -2.53. The Balaban J connectivity index is 2.55. The first kappa shape index (κ1) is 13.4. The molecule has 1 aliphatic heterocycles. The maximum absolute atomic E-state index is 11.5. The summed E-state index contributed by atoms with van der Waals surface area (Å²) in [6.45, 7) is 4.09. The Morgan fingerprint density at radius 3 is 2.31 bits per heavy atom. The predicted molar refractivity (Wildman–Crippen MR) is 60.8 cm³/mol. The molecule has 0 bridgehead atoms. The highest BCUT2D eigenvalue weighted by atomic mass is 32.2. The molecule has 1 rings (SSSR count). The lowest BCUT2D eigenvalue weighted by Gasteiger charge is -2.35. The number of hydrogen-bond acceptors (Lipinski definition) is 4. The molecule has 0 aromatic rings. The van der Waals surface area contributed by atoms with Gasteiger partial charge in [0.15, 0.2) is 0 Å². The van der Waals surface area contributed by atoms with Crippen LogP contribution in [0, 0.1) is 11.3 Å². The van der Waals surface area contributed by atoms with Crippen LogP contribution in [0.25, 0.3) is 0 Å². The Morgan fingerprint density at radius 2 is 1.94 bits per heavy atom. The second-order valence-corrected chi connectivity index (χ2v) is 5.57. The van der Waals surface area contributed by atoms with Crippen LogP contribution < -0.4 is 4.72 Å². The van der Waals surface area contributed by atoms with Gasteiger partial charge < -0.3 is 0 Å². The Bertz CT molecular complexity index is 354. The van der Waals surface area contributed by atoms with Crippen molar-refractivity contribution in [1.29, 1.82) is 5.26 Å². The molecule has 0 aromatic heterocycles. The van der Waals surface area contributed by atoms with Crippen molar-refractivity contribution in [3.05, 3.63) is 0 Å². The fraction of sp³-hybridized carbons (Fsp3) is 0.889. The van der Waals surface area contributed by atoms with E-state index >= 15 is 0 Å². The zero-order chi connectivity index (χ0) is 12.2. The van der Waals surface area contributed by atoms with E-state index in [0.29, 0.717) is 26.2 Å². The van der Waals surface area contributed by atoms with E-state index in [-0.39, 0.29) is 6.04 Å². The molecule has 0 aliphatic carbocycles. The van der Waals surface area contributed by atoms with Gasteiger partial charge in [0.25, 0.3) is 10.2 Å². The second kappa shape index (κ2) is 5.59. The van der Waals surface area contributed by atoms with Crippen LogP contribution in [0.15, 0.2) is 0 Å². The highest BCUT2D eigenvalue weighted by Crippen LogP contribution is 2.10. The highest BCUT2D eigenvalue weighted by Gasteiger charge is 2.28. The van der Waals surface area contributed by atoms with Gasteiger partial charge in [0, 0.05) is 33.2 Å². The minimum absolute atomic E-state index is 0.0977. The summed E-state index contributed by atoms with van der Waals surface area (Å²) in [7, 11) is -1.90. The zero-order valence-corrected chi connectivity index (χ0v) is 10.5. The molecule has 1 heterocycles. The topological polar surface area (TPSA) is 76.4 Å². The molecule has 16 heavy (non-hydrogen) atoms. The molecule has 0 radical (unpaired) electrons. The maximum atomic E-state index is 11.5. The number of hydrogen-bond donors (Lipinski definition) is 1. The van der Waals surface area contributed by atoms with Crippen LogP contribution in [0.3, 0.4) is 0 Å². The normalized spacial score (nSPS) is 21.6. The number of nitriles is 1. The van der Waals surface area contributed by atoms with Crippen molar-refractivity contribution in [3.63, 3.8) is 0 Å². The monoisotopic (exact) mass is 246 g/mol. The lowest BCUT2D eigenvalue weighted by molar-refractivity contribution is 0.159. The number of nitrogens with zero attached hydrogens (tertiary/aromatic N) is 3. The molecule has 6 nitrogen and oxygen atoms in total. The van der Waals surface area contributed by atoms with Gasteiger partial charge in [0.2, 0.25) is 0 Å². The third kappa shape index (κ3) is 2.92. The molecule has 1 aliphatic rings. The molecule has 1 saturated heterocycles. The standard InChI is InChI=1S/C9H18N4O2S/c1-3-9(8-10)12-4-6-13(7-5-12)16(14,15)11-2/h9,11H,3-7H2,1-2H3. The average Bonchev–Trinajstić information content (AvgIpc) is 2.31. The molecule has 7 heteroatoms. The first-order chi connectivity index (χ1) is 7.55. The summed E-state index contributed by atoms with van der Waals surface area (Å²) in [5, 5.41) is 8.91. The van der Waals surface area contributed by atoms with Crippen molar-refractivity contribution in [2.24, 2.45) is 0 Å². The van der Waals surface area contributed by atoms with Crippen molar-refractivity contribution in [1.82, 2.24) is 13.9 Å². The maximum Gasteiger partial charge on any atom is 0.279 e. The Morgan fingerprint density at radius 1 is 1.38 bits per heavy atom. The van der Waals surface area contributed by atoms with Gasteiger partial charge in [-0.2, -0.15) is 18.0 Å². The number of piperazine rings is 1. The highest BCUT2D eigenvalue weighted by molar-refractivity contribution is 7.87. The summed E-state index contributed by atoms with van der Waals surface area (Å²) in [5.74, 6) is 0. The van der Waals surface area contributed by atoms with E-state index in [1.165, 1.54) is 11.4 Å². The van der Waals surface area contributed by atoms with Gasteiger partial charge in [-0.3, -0.25) is 4.90 Å². The van der Waals surface area contributed by atoms with Gasteiger partial charge in [-0.05, 0) is 6.42 Å². The van der Waals surface area contributed by atoms with Crippen molar-refractivity contribution in [3.8, 4) is 6.07 Å². The summed E-state index contributed by atoms with van der Waals surface area (Å²) < 4.78 is 26.7. The van der Waals surface area contributed by atoms with E-state index < -0.39 is 10.2 Å². The van der Waals surface area contributed by atoms with Crippen molar-refractivity contribution < 1.29 is 8.42 Å². The van der Waals surface area contributed by atoms with Gasteiger partial charge >= 0.3 is 0 Å². The third-order valence-corrected chi connectivity index (χ3v) is 4.41. The molecule has 1 unspecified atom stereocenters. The summed E-state index contributed by atoms with van der Waals surface area (Å²) in [6, 6.07) is 2.13. The van der Waals surface area contributed by atoms with E-state index in [4.69, 9.17) is 5.26 Å². The molecule has 0 spiro atoms. The minimum Gasteiger partial charge on any atom is -0.285 e. The fourth-order valence-corrected chi connectivity index (χ4v) is 2.72. The lowest BCUT2D eigenvalue weighted by atomic mass is 10.2. The summed E-state index contributed by atoms with van der Waals surface area (Å²) in [5.41, 5.74) is 0. The van der Waals surface area contributed by atoms with Gasteiger partial charge in [-0.1, -0.05) is 6.92 Å². The number of nitrogens with one attached hydrogen (secondary N) is 1. The number of rotatable bonds is 4. The van der Waals surface area contributed by atoms with Crippen molar-refractivity contribution >= 4 is 10.2 Å². The molecule has 1 N–H and O–H groups in total. The SMILES string of the molecule is CCC(C#N)N1CCN(S(=O)(=O)NC)CC1. The second-order valence-electron chi connectivity index (χ2n) is 3.70. The molecular formula is C9H18N4O2S. The van der Waals surface area contributed by atoms with Crippen LogP contribution in [-0.2, 0) is 10.2 Å². The minimum atomic E-state index is -3.31. The predicted octanol–water partition coefficient (Wildman–Crippen LogP) is -0.630. The van der Waals surface area contributed by atoms with Crippen molar-refractivity contribution in [2.45, 2.75) is 19.4 Å². The molecule has 0 aromatic carbocycles. The molecule has 1 atom stereocenters. The fourth-order valence-electron chi connectivity index (χ4n) is 1.82. The van der Waals surface area contributed by atoms with Gasteiger partial charge in [-0.25, -0.2) is 4.72 Å². The molecule has 92 valence electrons. The van der Waals surface area contributed by atoms with Crippen molar-refractivity contribution in [2.75, 3.05) is 33.2 Å². The summed E-state index contributed by atoms with van der Waals surface area (Å²) in [4.78, 5) is 2.03. The molecule has 0 saturated carbocycles. The third-order valence-electron chi connectivity index (χ3n) is 2.85. The van der Waals surface area contributed by atoms with Crippen LogP contribution in [0.2, 0.25) is 0 Å². The molecule has 0 amide bonds. The van der Waals surface area contributed by atoms with E-state index in [9.17, 15) is 8.42 Å². The van der Waals surface area contributed by atoms with Gasteiger partial charge in [0.1, 0.15) is 0 Å². The molecule has 1 fully saturated rings. The van der Waals surface area contributed by atoms with E-state index in [0.717, 1.165) is 6.42 Å². The van der Waals surface area contributed by atoms with Gasteiger partial charge in [-0.15, -0.1) is 0 Å². The smallest absolute Gasteiger partial charge is 0.279 e. The Labute approximate surface area is 97.0 Å². The largest absolute Gasteiger partial charge is 0.285 e. The van der Waals surface area contributed by atoms with Crippen LogP contribution in [0.4, 0.5) is 0 Å². The average molecular weight is 246 g/mol. The van der Waals surface area contributed by atoms with E-state index in [1.54, 1.807) is 0 Å². The summed E-state index contributed by atoms with van der Waals surface area (Å²) in [6.07, 6.45) is 0.773. The quantitative estimate of drug-likeness (QED) is 0.716. The summed E-state index contributed by atoms with van der Waals surface area (Å²) >= 11 is 0. The first-order valence-electron chi connectivity index (χ1n) is 5.37.